The van der Waals surface area contributed by atoms with Crippen molar-refractivity contribution in [2.75, 3.05) is 20.1 Å². The summed E-state index contributed by atoms with van der Waals surface area (Å²) in [5.74, 6) is -0.00586. The van der Waals surface area contributed by atoms with Gasteiger partial charge in [-0.1, -0.05) is 13.8 Å². The number of amides is 1. The van der Waals surface area contributed by atoms with Crippen LogP contribution in [0.15, 0.2) is 12.4 Å². The van der Waals surface area contributed by atoms with Crippen molar-refractivity contribution < 1.29 is 4.79 Å². The lowest BCUT2D eigenvalue weighted by atomic mass is 9.77. The normalized spacial score (nSPS) is 22.8. The van der Waals surface area contributed by atoms with E-state index in [9.17, 15) is 4.79 Å². The molecular formula is C15H27N5O. The predicted octanol–water partition coefficient (Wildman–Crippen LogP) is 0.575. The Kier molecular flexibility index (Phi) is 5.00. The summed E-state index contributed by atoms with van der Waals surface area (Å²) in [5.41, 5.74) is 1.10. The van der Waals surface area contributed by atoms with Crippen molar-refractivity contribution in [2.24, 2.45) is 12.5 Å². The first kappa shape index (κ1) is 16.0. The Hall–Kier alpha value is -1.40. The van der Waals surface area contributed by atoms with Crippen LogP contribution >= 0.6 is 0 Å². The molecular weight excluding hydrogens is 266 g/mol. The van der Waals surface area contributed by atoms with Gasteiger partial charge in [-0.3, -0.25) is 9.48 Å². The van der Waals surface area contributed by atoms with Gasteiger partial charge in [-0.25, -0.2) is 0 Å². The van der Waals surface area contributed by atoms with Crippen LogP contribution in [0.3, 0.4) is 0 Å². The Bertz CT molecular complexity index is 482. The molecule has 1 saturated heterocycles. The molecule has 1 aliphatic rings. The molecule has 2 atom stereocenters. The second-order valence-electron chi connectivity index (χ2n) is 6.51. The van der Waals surface area contributed by atoms with E-state index in [0.717, 1.165) is 12.1 Å². The SMILES string of the molecule is CNC(C(=O)NCC1NCCCC1(C)C)c1cnn(C)c1. The summed E-state index contributed by atoms with van der Waals surface area (Å²) >= 11 is 0. The minimum atomic E-state index is -0.356. The van der Waals surface area contributed by atoms with Crippen LogP contribution in [0.25, 0.3) is 0 Å². The molecule has 0 radical (unpaired) electrons. The van der Waals surface area contributed by atoms with Gasteiger partial charge in [0, 0.05) is 31.4 Å². The Labute approximate surface area is 126 Å². The van der Waals surface area contributed by atoms with E-state index in [1.807, 2.05) is 13.2 Å². The van der Waals surface area contributed by atoms with Crippen LogP contribution in [-0.2, 0) is 11.8 Å². The smallest absolute Gasteiger partial charge is 0.241 e. The fourth-order valence-electron chi connectivity index (χ4n) is 2.96. The zero-order valence-electron chi connectivity index (χ0n) is 13.4. The van der Waals surface area contributed by atoms with Gasteiger partial charge in [0.25, 0.3) is 0 Å². The number of likely N-dealkylation sites (N-methyl/N-ethyl adjacent to an activating group) is 1. The third kappa shape index (κ3) is 3.83. The van der Waals surface area contributed by atoms with Gasteiger partial charge in [0.2, 0.25) is 5.91 Å². The maximum atomic E-state index is 12.4. The van der Waals surface area contributed by atoms with Crippen molar-refractivity contribution in [1.82, 2.24) is 25.7 Å². The number of nitrogens with zero attached hydrogens (tertiary/aromatic N) is 2. The van der Waals surface area contributed by atoms with Gasteiger partial charge in [0.05, 0.1) is 6.20 Å². The van der Waals surface area contributed by atoms with Crippen LogP contribution in [-0.4, -0.2) is 41.9 Å². The quantitative estimate of drug-likeness (QED) is 0.742. The summed E-state index contributed by atoms with van der Waals surface area (Å²) in [5, 5.41) is 13.8. The number of aromatic nitrogens is 2. The van der Waals surface area contributed by atoms with Crippen LogP contribution < -0.4 is 16.0 Å². The highest BCUT2D eigenvalue weighted by Crippen LogP contribution is 2.29. The molecule has 1 fully saturated rings. The van der Waals surface area contributed by atoms with Gasteiger partial charge < -0.3 is 16.0 Å². The average molecular weight is 293 g/mol. The molecule has 6 nitrogen and oxygen atoms in total. The Morgan fingerprint density at radius 2 is 2.38 bits per heavy atom. The lowest BCUT2D eigenvalue weighted by molar-refractivity contribution is -0.123. The van der Waals surface area contributed by atoms with E-state index < -0.39 is 0 Å². The molecule has 0 saturated carbocycles. The van der Waals surface area contributed by atoms with E-state index in [0.29, 0.717) is 12.6 Å². The number of hydrogen-bond donors (Lipinski definition) is 3. The lowest BCUT2D eigenvalue weighted by Gasteiger charge is -2.39. The maximum absolute atomic E-state index is 12.4. The van der Waals surface area contributed by atoms with Crippen molar-refractivity contribution in [2.45, 2.75) is 38.8 Å². The van der Waals surface area contributed by atoms with E-state index in [4.69, 9.17) is 0 Å². The van der Waals surface area contributed by atoms with Crippen molar-refractivity contribution in [1.29, 1.82) is 0 Å². The number of rotatable bonds is 5. The molecule has 3 N–H and O–H groups in total. The number of nitrogens with one attached hydrogen (secondary N) is 3. The molecule has 21 heavy (non-hydrogen) atoms. The average Bonchev–Trinajstić information content (AvgIpc) is 2.84. The molecule has 0 aromatic carbocycles. The van der Waals surface area contributed by atoms with Gasteiger partial charge >= 0.3 is 0 Å². The van der Waals surface area contributed by atoms with E-state index in [1.165, 1.54) is 12.8 Å². The van der Waals surface area contributed by atoms with Crippen LogP contribution in [0.5, 0.6) is 0 Å². The molecule has 1 aromatic heterocycles. The van der Waals surface area contributed by atoms with Crippen molar-refractivity contribution >= 4 is 5.91 Å². The number of carbonyl (C=O) groups excluding carboxylic acids is 1. The Morgan fingerprint density at radius 3 is 2.95 bits per heavy atom. The number of aryl methyl sites for hydroxylation is 1. The van der Waals surface area contributed by atoms with Crippen molar-refractivity contribution in [3.63, 3.8) is 0 Å². The summed E-state index contributed by atoms with van der Waals surface area (Å²) in [6, 6.07) is -0.0352. The molecule has 0 bridgehead atoms. The van der Waals surface area contributed by atoms with Crippen molar-refractivity contribution in [3.05, 3.63) is 18.0 Å². The van der Waals surface area contributed by atoms with Crippen LogP contribution in [0.1, 0.15) is 38.3 Å². The van der Waals surface area contributed by atoms with Gasteiger partial charge in [0.15, 0.2) is 0 Å². The summed E-state index contributed by atoms with van der Waals surface area (Å²) in [4.78, 5) is 12.4. The highest BCUT2D eigenvalue weighted by molar-refractivity contribution is 5.83. The van der Waals surface area contributed by atoms with Crippen LogP contribution in [0, 0.1) is 5.41 Å². The standard InChI is InChI=1S/C15H27N5O/c1-15(2)6-5-7-17-12(15)9-18-14(21)13(16-3)11-8-19-20(4)10-11/h8,10,12-13,16-17H,5-7,9H2,1-4H3,(H,18,21). The molecule has 2 unspecified atom stereocenters. The highest BCUT2D eigenvalue weighted by Gasteiger charge is 2.32. The summed E-state index contributed by atoms with van der Waals surface area (Å²) in [6.45, 7) is 6.20. The monoisotopic (exact) mass is 293 g/mol. The van der Waals surface area contributed by atoms with Gasteiger partial charge in [-0.15, -0.1) is 0 Å². The molecule has 0 aliphatic carbocycles. The molecule has 6 heteroatoms. The number of carbonyl (C=O) groups is 1. The maximum Gasteiger partial charge on any atom is 0.241 e. The van der Waals surface area contributed by atoms with E-state index in [-0.39, 0.29) is 17.4 Å². The minimum Gasteiger partial charge on any atom is -0.353 e. The van der Waals surface area contributed by atoms with Gasteiger partial charge in [-0.2, -0.15) is 5.10 Å². The molecule has 1 amide bonds. The second kappa shape index (κ2) is 6.58. The molecule has 0 spiro atoms. The molecule has 1 aromatic rings. The fraction of sp³-hybridized carbons (Fsp3) is 0.733. The van der Waals surface area contributed by atoms with Gasteiger partial charge in [-0.05, 0) is 31.8 Å². The predicted molar refractivity (Wildman–Crippen MR) is 82.8 cm³/mol. The Morgan fingerprint density at radius 1 is 1.62 bits per heavy atom. The fourth-order valence-corrected chi connectivity index (χ4v) is 2.96. The largest absolute Gasteiger partial charge is 0.353 e. The third-order valence-electron chi connectivity index (χ3n) is 4.42. The molecule has 1 aliphatic heterocycles. The first-order valence-electron chi connectivity index (χ1n) is 7.61. The molecule has 118 valence electrons. The van der Waals surface area contributed by atoms with Crippen LogP contribution in [0.4, 0.5) is 0 Å². The molecule has 2 heterocycles. The number of piperidine rings is 1. The first-order valence-corrected chi connectivity index (χ1v) is 7.61. The zero-order chi connectivity index (χ0) is 15.5. The van der Waals surface area contributed by atoms with Crippen LogP contribution in [0.2, 0.25) is 0 Å². The third-order valence-corrected chi connectivity index (χ3v) is 4.42. The lowest BCUT2D eigenvalue weighted by Crippen LogP contribution is -2.53. The summed E-state index contributed by atoms with van der Waals surface area (Å²) in [7, 11) is 3.64. The van der Waals surface area contributed by atoms with E-state index in [1.54, 1.807) is 17.9 Å². The topological polar surface area (TPSA) is 71.0 Å². The van der Waals surface area contributed by atoms with E-state index in [2.05, 4.69) is 34.9 Å². The molecule has 2 rings (SSSR count). The summed E-state index contributed by atoms with van der Waals surface area (Å²) in [6.07, 6.45) is 5.98. The number of hydrogen-bond acceptors (Lipinski definition) is 4. The zero-order valence-corrected chi connectivity index (χ0v) is 13.4. The minimum absolute atomic E-state index is 0.00586. The van der Waals surface area contributed by atoms with Gasteiger partial charge in [0.1, 0.15) is 6.04 Å². The Balaban J connectivity index is 1.94. The van der Waals surface area contributed by atoms with Crippen molar-refractivity contribution in [3.8, 4) is 0 Å². The summed E-state index contributed by atoms with van der Waals surface area (Å²) < 4.78 is 1.71. The van der Waals surface area contributed by atoms with E-state index >= 15 is 0 Å². The second-order valence-corrected chi connectivity index (χ2v) is 6.51. The first-order chi connectivity index (χ1) is 9.94. The highest BCUT2D eigenvalue weighted by atomic mass is 16.2.